The highest BCUT2D eigenvalue weighted by Crippen LogP contribution is 2.48. The van der Waals surface area contributed by atoms with E-state index in [2.05, 4.69) is 41.8 Å². The molecule has 1 atom stereocenters. The Morgan fingerprint density at radius 2 is 1.84 bits per heavy atom. The van der Waals surface area contributed by atoms with Crippen LogP contribution in [0.15, 0.2) is 48.5 Å². The summed E-state index contributed by atoms with van der Waals surface area (Å²) in [5, 5.41) is 12.5. The van der Waals surface area contributed by atoms with Gasteiger partial charge in [0.05, 0.1) is 13.0 Å². The van der Waals surface area contributed by atoms with Crippen LogP contribution < -0.4 is 5.32 Å². The zero-order valence-corrected chi connectivity index (χ0v) is 22.6. The number of hydrogen-bond acceptors (Lipinski definition) is 4. The monoisotopic (exact) mass is 500 g/mol. The number of nitrogens with zero attached hydrogens (tertiary/aromatic N) is 3. The molecule has 1 amide bonds. The number of aromatic nitrogens is 3. The summed E-state index contributed by atoms with van der Waals surface area (Å²) in [5.41, 5.74) is 4.15. The molecular formula is C31H40N4O2. The SMILES string of the molecule is Cc1ccc(NC(=O)C[C@H](OCc2ccccc2)c2nnc([C@H]3C[C@@H](CC(C)C)C3)n2C2CC2)c(C)c1. The van der Waals surface area contributed by atoms with Crippen molar-refractivity contribution in [3.05, 3.63) is 76.9 Å². The standard InChI is InChI=1S/C31H40N4O2/c1-20(2)14-24-16-25(17-24)30-33-34-31(35(30)26-11-12-26)28(37-19-23-8-6-5-7-9-23)18-29(36)32-27-13-10-21(3)15-22(27)4/h5-10,13,15,20,24-26,28H,11-12,14,16-19H2,1-4H3,(H,32,36)/t24-,25+,28-/m0/s1. The molecule has 0 bridgehead atoms. The summed E-state index contributed by atoms with van der Waals surface area (Å²) >= 11 is 0. The zero-order chi connectivity index (χ0) is 25.9. The first-order chi connectivity index (χ1) is 17.9. The number of anilines is 1. The molecular weight excluding hydrogens is 460 g/mol. The molecule has 37 heavy (non-hydrogen) atoms. The van der Waals surface area contributed by atoms with Gasteiger partial charge in [-0.25, -0.2) is 0 Å². The van der Waals surface area contributed by atoms with E-state index in [-0.39, 0.29) is 12.3 Å². The maximum absolute atomic E-state index is 13.2. The van der Waals surface area contributed by atoms with E-state index in [1.54, 1.807) is 0 Å². The fourth-order valence-corrected chi connectivity index (χ4v) is 5.65. The van der Waals surface area contributed by atoms with Gasteiger partial charge in [-0.1, -0.05) is 61.9 Å². The summed E-state index contributed by atoms with van der Waals surface area (Å²) in [6.45, 7) is 9.11. The third-order valence-corrected chi connectivity index (χ3v) is 7.67. The minimum Gasteiger partial charge on any atom is -0.365 e. The van der Waals surface area contributed by atoms with Gasteiger partial charge in [-0.2, -0.15) is 0 Å². The smallest absolute Gasteiger partial charge is 0.227 e. The van der Waals surface area contributed by atoms with E-state index in [0.29, 0.717) is 18.6 Å². The first-order valence-electron chi connectivity index (χ1n) is 13.8. The molecule has 0 saturated heterocycles. The number of rotatable bonds is 11. The minimum atomic E-state index is -0.459. The Balaban J connectivity index is 1.36. The Kier molecular flexibility index (Phi) is 7.75. The highest BCUT2D eigenvalue weighted by Gasteiger charge is 2.40. The summed E-state index contributed by atoms with van der Waals surface area (Å²) in [6, 6.07) is 16.6. The molecule has 5 rings (SSSR count). The molecule has 0 aliphatic heterocycles. The van der Waals surface area contributed by atoms with E-state index < -0.39 is 6.10 Å². The predicted octanol–water partition coefficient (Wildman–Crippen LogP) is 7.06. The van der Waals surface area contributed by atoms with Crippen molar-refractivity contribution < 1.29 is 9.53 Å². The highest BCUT2D eigenvalue weighted by molar-refractivity contribution is 5.91. The van der Waals surface area contributed by atoms with Gasteiger partial charge in [-0.05, 0) is 75.0 Å². The van der Waals surface area contributed by atoms with Crippen molar-refractivity contribution in [2.75, 3.05) is 5.32 Å². The van der Waals surface area contributed by atoms with Gasteiger partial charge in [0, 0.05) is 17.6 Å². The Bertz CT molecular complexity index is 1210. The highest BCUT2D eigenvalue weighted by atomic mass is 16.5. The third kappa shape index (κ3) is 6.30. The number of amides is 1. The second kappa shape index (κ2) is 11.2. The van der Waals surface area contributed by atoms with E-state index in [0.717, 1.165) is 53.1 Å². The quantitative estimate of drug-likeness (QED) is 0.306. The van der Waals surface area contributed by atoms with Crippen molar-refractivity contribution in [2.45, 2.75) is 90.9 Å². The Morgan fingerprint density at radius 1 is 1.08 bits per heavy atom. The molecule has 2 fully saturated rings. The fourth-order valence-electron chi connectivity index (χ4n) is 5.65. The molecule has 6 nitrogen and oxygen atoms in total. The average molecular weight is 501 g/mol. The number of hydrogen-bond donors (Lipinski definition) is 1. The molecule has 3 aromatic rings. The number of nitrogens with one attached hydrogen (secondary N) is 1. The van der Waals surface area contributed by atoms with Gasteiger partial charge in [0.2, 0.25) is 5.91 Å². The number of aryl methyl sites for hydroxylation is 2. The number of carbonyl (C=O) groups excluding carboxylic acids is 1. The number of ether oxygens (including phenoxy) is 1. The van der Waals surface area contributed by atoms with E-state index >= 15 is 0 Å². The van der Waals surface area contributed by atoms with Gasteiger partial charge in [0.1, 0.15) is 11.9 Å². The normalized spacial score (nSPS) is 20.0. The van der Waals surface area contributed by atoms with Crippen LogP contribution in [0.5, 0.6) is 0 Å². The topological polar surface area (TPSA) is 69.0 Å². The molecule has 2 saturated carbocycles. The van der Waals surface area contributed by atoms with Crippen LogP contribution in [0.4, 0.5) is 5.69 Å². The molecule has 196 valence electrons. The van der Waals surface area contributed by atoms with Crippen LogP contribution in [0.2, 0.25) is 0 Å². The lowest BCUT2D eigenvalue weighted by Gasteiger charge is -2.36. The third-order valence-electron chi connectivity index (χ3n) is 7.67. The Labute approximate surface area is 220 Å². The average Bonchev–Trinajstić information content (AvgIpc) is 3.59. The maximum atomic E-state index is 13.2. The molecule has 1 aromatic heterocycles. The molecule has 0 radical (unpaired) electrons. The Morgan fingerprint density at radius 3 is 2.51 bits per heavy atom. The molecule has 0 unspecified atom stereocenters. The van der Waals surface area contributed by atoms with Crippen LogP contribution in [-0.4, -0.2) is 20.7 Å². The molecule has 2 aliphatic rings. The molecule has 2 aliphatic carbocycles. The van der Waals surface area contributed by atoms with E-state index in [9.17, 15) is 4.79 Å². The largest absolute Gasteiger partial charge is 0.365 e. The summed E-state index contributed by atoms with van der Waals surface area (Å²) < 4.78 is 8.75. The number of carbonyl (C=O) groups is 1. The molecule has 1 heterocycles. The van der Waals surface area contributed by atoms with Gasteiger partial charge in [0.25, 0.3) is 0 Å². The minimum absolute atomic E-state index is 0.0717. The van der Waals surface area contributed by atoms with Crippen LogP contribution in [0, 0.1) is 25.7 Å². The van der Waals surface area contributed by atoms with Crippen molar-refractivity contribution in [2.24, 2.45) is 11.8 Å². The lowest BCUT2D eigenvalue weighted by atomic mass is 9.71. The maximum Gasteiger partial charge on any atom is 0.227 e. The van der Waals surface area contributed by atoms with E-state index in [1.165, 1.54) is 24.8 Å². The lowest BCUT2D eigenvalue weighted by molar-refractivity contribution is -0.119. The van der Waals surface area contributed by atoms with Crippen LogP contribution in [0.3, 0.4) is 0 Å². The lowest BCUT2D eigenvalue weighted by Crippen LogP contribution is -2.27. The zero-order valence-electron chi connectivity index (χ0n) is 22.6. The molecule has 0 spiro atoms. The van der Waals surface area contributed by atoms with Crippen molar-refractivity contribution in [1.29, 1.82) is 0 Å². The van der Waals surface area contributed by atoms with Crippen molar-refractivity contribution in [3.63, 3.8) is 0 Å². The number of benzene rings is 2. The van der Waals surface area contributed by atoms with Crippen LogP contribution >= 0.6 is 0 Å². The first-order valence-corrected chi connectivity index (χ1v) is 13.8. The summed E-state index contributed by atoms with van der Waals surface area (Å²) in [6.07, 6.45) is 5.67. The fraction of sp³-hybridized carbons (Fsp3) is 0.516. The second-order valence-corrected chi connectivity index (χ2v) is 11.5. The second-order valence-electron chi connectivity index (χ2n) is 11.5. The predicted molar refractivity (Wildman–Crippen MR) is 146 cm³/mol. The van der Waals surface area contributed by atoms with Gasteiger partial charge < -0.3 is 14.6 Å². The van der Waals surface area contributed by atoms with Gasteiger partial charge in [0.15, 0.2) is 5.82 Å². The summed E-state index contributed by atoms with van der Waals surface area (Å²) in [5.74, 6) is 3.81. The van der Waals surface area contributed by atoms with Gasteiger partial charge in [-0.15, -0.1) is 10.2 Å². The molecule has 6 heteroatoms. The van der Waals surface area contributed by atoms with Crippen LogP contribution in [0.1, 0.15) is 98.8 Å². The van der Waals surface area contributed by atoms with Gasteiger partial charge >= 0.3 is 0 Å². The first kappa shape index (κ1) is 25.7. The van der Waals surface area contributed by atoms with Crippen molar-refractivity contribution in [3.8, 4) is 0 Å². The summed E-state index contributed by atoms with van der Waals surface area (Å²) in [4.78, 5) is 13.2. The Hall–Kier alpha value is -2.99. The van der Waals surface area contributed by atoms with Crippen molar-refractivity contribution in [1.82, 2.24) is 14.8 Å². The van der Waals surface area contributed by atoms with Gasteiger partial charge in [-0.3, -0.25) is 4.79 Å². The van der Waals surface area contributed by atoms with Crippen LogP contribution in [-0.2, 0) is 16.1 Å². The van der Waals surface area contributed by atoms with E-state index in [4.69, 9.17) is 9.84 Å². The van der Waals surface area contributed by atoms with Crippen molar-refractivity contribution >= 4 is 11.6 Å². The van der Waals surface area contributed by atoms with Crippen LogP contribution in [0.25, 0.3) is 0 Å². The molecule has 1 N–H and O–H groups in total. The summed E-state index contributed by atoms with van der Waals surface area (Å²) in [7, 11) is 0. The molecule has 2 aromatic carbocycles. The van der Waals surface area contributed by atoms with E-state index in [1.807, 2.05) is 49.4 Å².